The Labute approximate surface area is 232 Å². The molecule has 0 bridgehead atoms. The molecule has 0 saturated heterocycles. The summed E-state index contributed by atoms with van der Waals surface area (Å²) in [7, 11) is 0. The normalized spacial score (nSPS) is 12.2. The summed E-state index contributed by atoms with van der Waals surface area (Å²) in [6, 6.07) is 22.2. The second-order valence-electron chi connectivity index (χ2n) is 9.83. The maximum atomic E-state index is 13.4. The maximum absolute atomic E-state index is 13.4. The third kappa shape index (κ3) is 6.19. The van der Waals surface area contributed by atoms with E-state index in [1.807, 2.05) is 61.2 Å². The number of rotatable bonds is 11. The minimum Gasteiger partial charge on any atom is -0.339 e. The highest BCUT2D eigenvalue weighted by Crippen LogP contribution is 2.45. The molecule has 0 spiro atoms. The predicted molar refractivity (Wildman–Crippen MR) is 157 cm³/mol. The predicted octanol–water partition coefficient (Wildman–Crippen LogP) is 7.33. The molecule has 2 aromatic carbocycles. The molecule has 1 N–H and O–H groups in total. The summed E-state index contributed by atoms with van der Waals surface area (Å²) in [5.74, 6) is -0.183. The van der Waals surface area contributed by atoms with Gasteiger partial charge in [0.1, 0.15) is 5.51 Å². The van der Waals surface area contributed by atoms with Gasteiger partial charge in [-0.2, -0.15) is 0 Å². The van der Waals surface area contributed by atoms with E-state index in [1.54, 1.807) is 16.8 Å². The van der Waals surface area contributed by atoms with Gasteiger partial charge in [-0.15, -0.1) is 21.5 Å². The Hall–Kier alpha value is -3.36. The van der Waals surface area contributed by atoms with Crippen LogP contribution in [-0.4, -0.2) is 40.0 Å². The summed E-state index contributed by atoms with van der Waals surface area (Å²) in [5, 5.41) is 11.2. The van der Waals surface area contributed by atoms with E-state index in [0.717, 1.165) is 46.8 Å². The van der Waals surface area contributed by atoms with Gasteiger partial charge in [0.05, 0.1) is 5.41 Å². The molecule has 2 aromatic heterocycles. The molecule has 1 atom stereocenters. The molecule has 0 fully saturated rings. The molecule has 0 saturated carbocycles. The van der Waals surface area contributed by atoms with Crippen molar-refractivity contribution in [1.82, 2.24) is 15.1 Å². The monoisotopic (exact) mass is 546 g/mol. The van der Waals surface area contributed by atoms with Crippen LogP contribution in [-0.2, 0) is 4.79 Å². The molecule has 2 amide bonds. The van der Waals surface area contributed by atoms with Crippen molar-refractivity contribution in [2.24, 2.45) is 5.41 Å². The SMILES string of the molecule is CCCN(CCC)C(=O)c1ccc(-c2ccc(C(c3ccccc3)C(C)(C)C(=O)Nc3nncs3)s2)cc1. The minimum atomic E-state index is -0.757. The second kappa shape index (κ2) is 12.5. The maximum Gasteiger partial charge on any atom is 0.253 e. The van der Waals surface area contributed by atoms with Gasteiger partial charge in [-0.1, -0.05) is 81.5 Å². The minimum absolute atomic E-state index is 0.0828. The zero-order valence-corrected chi connectivity index (χ0v) is 23.9. The molecule has 6 nitrogen and oxygen atoms in total. The highest BCUT2D eigenvalue weighted by molar-refractivity contribution is 7.15. The first kappa shape index (κ1) is 27.7. The number of hydrogen-bond donors (Lipinski definition) is 1. The molecule has 0 aliphatic rings. The number of carbonyl (C=O) groups is 2. The molecule has 0 aliphatic heterocycles. The van der Waals surface area contributed by atoms with E-state index in [1.165, 1.54) is 11.3 Å². The fourth-order valence-corrected chi connectivity index (χ4v) is 6.45. The molecule has 0 radical (unpaired) electrons. The molecular weight excluding hydrogens is 512 g/mol. The van der Waals surface area contributed by atoms with Gasteiger partial charge in [0, 0.05) is 34.3 Å². The summed E-state index contributed by atoms with van der Waals surface area (Å²) in [6.07, 6.45) is 1.89. The van der Waals surface area contributed by atoms with Crippen LogP contribution in [0.5, 0.6) is 0 Å². The Balaban J connectivity index is 1.61. The van der Waals surface area contributed by atoms with Gasteiger partial charge in [-0.3, -0.25) is 9.59 Å². The van der Waals surface area contributed by atoms with Crippen LogP contribution in [0.4, 0.5) is 5.13 Å². The molecule has 8 heteroatoms. The molecule has 198 valence electrons. The topological polar surface area (TPSA) is 75.2 Å². The van der Waals surface area contributed by atoms with Crippen molar-refractivity contribution in [3.8, 4) is 10.4 Å². The van der Waals surface area contributed by atoms with Gasteiger partial charge in [0.15, 0.2) is 0 Å². The fraction of sp³-hybridized carbons (Fsp3) is 0.333. The van der Waals surface area contributed by atoms with Gasteiger partial charge < -0.3 is 10.2 Å². The average Bonchev–Trinajstić information content (AvgIpc) is 3.62. The lowest BCUT2D eigenvalue weighted by Crippen LogP contribution is -2.36. The quantitative estimate of drug-likeness (QED) is 0.214. The van der Waals surface area contributed by atoms with Crippen molar-refractivity contribution in [2.45, 2.75) is 46.5 Å². The summed E-state index contributed by atoms with van der Waals surface area (Å²) in [4.78, 5) is 30.6. The highest BCUT2D eigenvalue weighted by Gasteiger charge is 2.40. The molecule has 1 unspecified atom stereocenters. The number of benzene rings is 2. The number of aromatic nitrogens is 2. The van der Waals surface area contributed by atoms with E-state index in [9.17, 15) is 9.59 Å². The molecule has 4 rings (SSSR count). The first-order chi connectivity index (χ1) is 18.3. The average molecular weight is 547 g/mol. The van der Waals surface area contributed by atoms with Gasteiger partial charge in [0.25, 0.3) is 5.91 Å². The van der Waals surface area contributed by atoms with Gasteiger partial charge in [0.2, 0.25) is 11.0 Å². The fourth-order valence-electron chi connectivity index (χ4n) is 4.68. The van der Waals surface area contributed by atoms with E-state index in [-0.39, 0.29) is 17.7 Å². The van der Waals surface area contributed by atoms with Crippen molar-refractivity contribution in [2.75, 3.05) is 18.4 Å². The van der Waals surface area contributed by atoms with Crippen LogP contribution in [0.15, 0.2) is 72.2 Å². The Morgan fingerprint density at radius 3 is 2.24 bits per heavy atom. The van der Waals surface area contributed by atoms with Crippen LogP contribution in [0.2, 0.25) is 0 Å². The summed E-state index contributed by atoms with van der Waals surface area (Å²) in [5.41, 5.74) is 3.69. The Morgan fingerprint density at radius 1 is 0.947 bits per heavy atom. The number of nitrogens with zero attached hydrogens (tertiary/aromatic N) is 3. The van der Waals surface area contributed by atoms with Gasteiger partial charge in [-0.05, 0) is 48.2 Å². The lowest BCUT2D eigenvalue weighted by molar-refractivity contribution is -0.124. The number of thiophene rings is 1. The van der Waals surface area contributed by atoms with E-state index < -0.39 is 5.41 Å². The van der Waals surface area contributed by atoms with Crippen LogP contribution in [0.25, 0.3) is 10.4 Å². The van der Waals surface area contributed by atoms with Crippen molar-refractivity contribution in [3.05, 3.63) is 88.2 Å². The van der Waals surface area contributed by atoms with E-state index in [4.69, 9.17) is 0 Å². The summed E-state index contributed by atoms with van der Waals surface area (Å²) >= 11 is 2.98. The molecule has 0 aliphatic carbocycles. The zero-order valence-electron chi connectivity index (χ0n) is 22.3. The standard InChI is InChI=1S/C30H34N4O2S2/c1-5-18-34(19-6-2)27(35)23-14-12-21(13-15-23)24-16-17-25(38-24)26(22-10-8-7-9-11-22)30(3,4)28(36)32-29-33-31-20-37-29/h7-17,20,26H,5-6,18-19H2,1-4H3,(H,32,33,36). The van der Waals surface area contributed by atoms with Gasteiger partial charge in [-0.25, -0.2) is 0 Å². The Kier molecular flexibility index (Phi) is 9.07. The second-order valence-corrected chi connectivity index (χ2v) is 11.8. The van der Waals surface area contributed by atoms with Crippen LogP contribution in [0.3, 0.4) is 0 Å². The number of anilines is 1. The van der Waals surface area contributed by atoms with Crippen LogP contribution in [0, 0.1) is 5.41 Å². The largest absolute Gasteiger partial charge is 0.339 e. The summed E-state index contributed by atoms with van der Waals surface area (Å²) < 4.78 is 0. The van der Waals surface area contributed by atoms with Crippen LogP contribution < -0.4 is 5.32 Å². The molecule has 2 heterocycles. The van der Waals surface area contributed by atoms with Crippen molar-refractivity contribution in [3.63, 3.8) is 0 Å². The first-order valence-corrected chi connectivity index (χ1v) is 14.7. The number of nitrogens with one attached hydrogen (secondary N) is 1. The lowest BCUT2D eigenvalue weighted by atomic mass is 9.73. The lowest BCUT2D eigenvalue weighted by Gasteiger charge is -2.32. The van der Waals surface area contributed by atoms with E-state index in [0.29, 0.717) is 10.7 Å². The van der Waals surface area contributed by atoms with Crippen molar-refractivity contribution < 1.29 is 9.59 Å². The number of hydrogen-bond acceptors (Lipinski definition) is 6. The third-order valence-corrected chi connectivity index (χ3v) is 8.43. The van der Waals surface area contributed by atoms with E-state index >= 15 is 0 Å². The third-order valence-electron chi connectivity index (χ3n) is 6.62. The first-order valence-electron chi connectivity index (χ1n) is 13.0. The van der Waals surface area contributed by atoms with Crippen molar-refractivity contribution in [1.29, 1.82) is 0 Å². The van der Waals surface area contributed by atoms with Crippen LogP contribution >= 0.6 is 22.7 Å². The van der Waals surface area contributed by atoms with Crippen LogP contribution in [0.1, 0.15) is 67.3 Å². The summed E-state index contributed by atoms with van der Waals surface area (Å²) in [6.45, 7) is 9.67. The van der Waals surface area contributed by atoms with Crippen molar-refractivity contribution >= 4 is 39.6 Å². The Bertz CT molecular complexity index is 1330. The number of carbonyl (C=O) groups excluding carboxylic acids is 2. The highest BCUT2D eigenvalue weighted by atomic mass is 32.1. The Morgan fingerprint density at radius 2 is 1.63 bits per heavy atom. The zero-order chi connectivity index (χ0) is 27.1. The number of amides is 2. The van der Waals surface area contributed by atoms with E-state index in [2.05, 4.69) is 53.6 Å². The molecule has 4 aromatic rings. The molecule has 38 heavy (non-hydrogen) atoms. The van der Waals surface area contributed by atoms with Gasteiger partial charge >= 0.3 is 0 Å². The smallest absolute Gasteiger partial charge is 0.253 e. The molecular formula is C30H34N4O2S2.